The van der Waals surface area contributed by atoms with E-state index in [0.29, 0.717) is 71.9 Å². The van der Waals surface area contributed by atoms with Gasteiger partial charge in [-0.15, -0.1) is 0 Å². The van der Waals surface area contributed by atoms with Gasteiger partial charge in [0, 0.05) is 45.4 Å². The van der Waals surface area contributed by atoms with E-state index in [9.17, 15) is 14.4 Å². The molecule has 0 radical (unpaired) electrons. The van der Waals surface area contributed by atoms with E-state index in [1.54, 1.807) is 18.7 Å². The molecule has 8 heteroatoms. The molecular weight excluding hydrogens is 326 g/mol. The summed E-state index contributed by atoms with van der Waals surface area (Å²) in [5.74, 6) is 0.0445. The molecule has 0 heterocycles. The van der Waals surface area contributed by atoms with Gasteiger partial charge >= 0.3 is 0 Å². The van der Waals surface area contributed by atoms with Crippen LogP contribution in [0.15, 0.2) is 0 Å². The average Bonchev–Trinajstić information content (AvgIpc) is 2.63. The summed E-state index contributed by atoms with van der Waals surface area (Å²) in [6.45, 7) is 9.02. The van der Waals surface area contributed by atoms with Crippen LogP contribution in [0.4, 0.5) is 0 Å². The molecule has 0 aliphatic heterocycles. The zero-order chi connectivity index (χ0) is 18.9. The van der Waals surface area contributed by atoms with E-state index >= 15 is 0 Å². The van der Waals surface area contributed by atoms with Crippen LogP contribution >= 0.6 is 0 Å². The third-order valence-corrected chi connectivity index (χ3v) is 3.45. The molecule has 8 nitrogen and oxygen atoms in total. The highest BCUT2D eigenvalue weighted by molar-refractivity contribution is 5.76. The fourth-order valence-corrected chi connectivity index (χ4v) is 1.91. The van der Waals surface area contributed by atoms with E-state index < -0.39 is 0 Å². The summed E-state index contributed by atoms with van der Waals surface area (Å²) in [6, 6.07) is 0. The van der Waals surface area contributed by atoms with Crippen LogP contribution in [0, 0.1) is 0 Å². The molecule has 0 saturated heterocycles. The van der Waals surface area contributed by atoms with Gasteiger partial charge < -0.3 is 25.0 Å². The van der Waals surface area contributed by atoms with Gasteiger partial charge in [0.15, 0.2) is 0 Å². The van der Waals surface area contributed by atoms with Crippen LogP contribution in [0.1, 0.15) is 40.0 Å². The van der Waals surface area contributed by atoms with Gasteiger partial charge in [-0.2, -0.15) is 0 Å². The topological polar surface area (TPSA) is 97.0 Å². The maximum atomic E-state index is 11.9. The molecule has 0 aromatic heterocycles. The highest BCUT2D eigenvalue weighted by atomic mass is 16.5. The summed E-state index contributed by atoms with van der Waals surface area (Å²) in [7, 11) is 0. The molecule has 0 unspecified atom stereocenters. The van der Waals surface area contributed by atoms with Gasteiger partial charge in [0.2, 0.25) is 17.7 Å². The van der Waals surface area contributed by atoms with Gasteiger partial charge in [0.25, 0.3) is 0 Å². The Balaban J connectivity index is 3.81. The second-order valence-electron chi connectivity index (χ2n) is 5.37. The Labute approximate surface area is 150 Å². The first-order valence-electron chi connectivity index (χ1n) is 9.01. The van der Waals surface area contributed by atoms with Crippen LogP contribution in [0.3, 0.4) is 0 Å². The molecule has 0 saturated carbocycles. The molecule has 0 bridgehead atoms. The van der Waals surface area contributed by atoms with Crippen LogP contribution in [-0.2, 0) is 23.9 Å². The minimum Gasteiger partial charge on any atom is -0.378 e. The maximum absolute atomic E-state index is 11.9. The molecule has 0 aromatic carbocycles. The fourth-order valence-electron chi connectivity index (χ4n) is 1.91. The normalized spacial score (nSPS) is 10.4. The van der Waals surface area contributed by atoms with Gasteiger partial charge in [-0.25, -0.2) is 0 Å². The van der Waals surface area contributed by atoms with Gasteiger partial charge in [-0.3, -0.25) is 14.4 Å². The highest BCUT2D eigenvalue weighted by Crippen LogP contribution is 1.95. The molecule has 3 amide bonds. The number of amides is 3. The first kappa shape index (κ1) is 23.3. The van der Waals surface area contributed by atoms with E-state index in [2.05, 4.69) is 10.6 Å². The predicted molar refractivity (Wildman–Crippen MR) is 95.1 cm³/mol. The largest absolute Gasteiger partial charge is 0.378 e. The molecule has 25 heavy (non-hydrogen) atoms. The quantitative estimate of drug-likeness (QED) is 0.410. The van der Waals surface area contributed by atoms with Crippen LogP contribution in [0.5, 0.6) is 0 Å². The molecule has 0 atom stereocenters. The Morgan fingerprint density at radius 1 is 0.720 bits per heavy atom. The Morgan fingerprint density at radius 3 is 1.52 bits per heavy atom. The van der Waals surface area contributed by atoms with Crippen molar-refractivity contribution in [1.29, 1.82) is 0 Å². The summed E-state index contributed by atoms with van der Waals surface area (Å²) in [6.07, 6.45) is 1.35. The first-order chi connectivity index (χ1) is 12.0. The van der Waals surface area contributed by atoms with E-state index in [4.69, 9.17) is 9.47 Å². The third kappa shape index (κ3) is 13.3. The van der Waals surface area contributed by atoms with Gasteiger partial charge in [0.05, 0.1) is 26.4 Å². The Kier molecular flexibility index (Phi) is 14.8. The van der Waals surface area contributed by atoms with E-state index in [1.165, 1.54) is 0 Å². The van der Waals surface area contributed by atoms with Crippen molar-refractivity contribution in [3.8, 4) is 0 Å². The second kappa shape index (κ2) is 15.8. The molecule has 0 aliphatic carbocycles. The molecule has 0 fully saturated rings. The minimum absolute atomic E-state index is 0.00124. The smallest absolute Gasteiger partial charge is 0.222 e. The third-order valence-electron chi connectivity index (χ3n) is 3.45. The van der Waals surface area contributed by atoms with Crippen LogP contribution in [0.2, 0.25) is 0 Å². The second-order valence-corrected chi connectivity index (χ2v) is 5.37. The monoisotopic (exact) mass is 359 g/mol. The Bertz CT molecular complexity index is 362. The van der Waals surface area contributed by atoms with Crippen molar-refractivity contribution in [2.24, 2.45) is 0 Å². The lowest BCUT2D eigenvalue weighted by atomic mass is 10.3. The van der Waals surface area contributed by atoms with Crippen LogP contribution < -0.4 is 10.6 Å². The van der Waals surface area contributed by atoms with Crippen LogP contribution in [0.25, 0.3) is 0 Å². The SMILES string of the molecule is CCC(=O)NCCOCCN(CCOCCNC(=O)CC)C(=O)CC. The lowest BCUT2D eigenvalue weighted by molar-refractivity contribution is -0.132. The van der Waals surface area contributed by atoms with Gasteiger partial charge in [-0.05, 0) is 0 Å². The predicted octanol–water partition coefficient (Wildman–Crippen LogP) is 0.311. The number of nitrogens with zero attached hydrogens (tertiary/aromatic N) is 1. The van der Waals surface area contributed by atoms with Crippen LogP contribution in [-0.4, -0.2) is 75.2 Å². The number of nitrogens with one attached hydrogen (secondary N) is 2. The zero-order valence-electron chi connectivity index (χ0n) is 15.8. The van der Waals surface area contributed by atoms with E-state index in [1.807, 2.05) is 6.92 Å². The number of carbonyl (C=O) groups excluding carboxylic acids is 3. The Morgan fingerprint density at radius 2 is 1.16 bits per heavy atom. The average molecular weight is 359 g/mol. The first-order valence-corrected chi connectivity index (χ1v) is 9.01. The van der Waals surface area contributed by atoms with Crippen molar-refractivity contribution in [2.45, 2.75) is 40.0 Å². The maximum Gasteiger partial charge on any atom is 0.222 e. The van der Waals surface area contributed by atoms with Gasteiger partial charge in [-0.1, -0.05) is 20.8 Å². The summed E-state index contributed by atoms with van der Waals surface area (Å²) in [5.41, 5.74) is 0. The summed E-state index contributed by atoms with van der Waals surface area (Å²) < 4.78 is 10.9. The summed E-state index contributed by atoms with van der Waals surface area (Å²) >= 11 is 0. The van der Waals surface area contributed by atoms with Crippen molar-refractivity contribution >= 4 is 17.7 Å². The molecule has 2 N–H and O–H groups in total. The van der Waals surface area contributed by atoms with E-state index in [0.717, 1.165) is 0 Å². The summed E-state index contributed by atoms with van der Waals surface area (Å²) in [4.78, 5) is 35.8. The van der Waals surface area contributed by atoms with Crippen molar-refractivity contribution in [3.05, 3.63) is 0 Å². The van der Waals surface area contributed by atoms with Crippen molar-refractivity contribution in [3.63, 3.8) is 0 Å². The fraction of sp³-hybridized carbons (Fsp3) is 0.824. The molecule has 0 aliphatic rings. The van der Waals surface area contributed by atoms with Gasteiger partial charge in [0.1, 0.15) is 0 Å². The van der Waals surface area contributed by atoms with Crippen molar-refractivity contribution in [2.75, 3.05) is 52.6 Å². The van der Waals surface area contributed by atoms with Crippen molar-refractivity contribution < 1.29 is 23.9 Å². The van der Waals surface area contributed by atoms with Crippen molar-refractivity contribution in [1.82, 2.24) is 15.5 Å². The lowest BCUT2D eigenvalue weighted by Crippen LogP contribution is -2.37. The molecule has 0 aromatic rings. The highest BCUT2D eigenvalue weighted by Gasteiger charge is 2.11. The number of carbonyl (C=O) groups is 3. The molecule has 0 spiro atoms. The standard InChI is InChI=1S/C17H33N3O5/c1-4-15(21)18-7-11-24-13-9-20(17(23)6-3)10-14-25-12-8-19-16(22)5-2/h4-14H2,1-3H3,(H,18,21)(H,19,22). The number of hydrogen-bond donors (Lipinski definition) is 2. The summed E-state index contributed by atoms with van der Waals surface area (Å²) in [5, 5.41) is 5.45. The minimum atomic E-state index is -0.00124. The lowest BCUT2D eigenvalue weighted by Gasteiger charge is -2.22. The molecule has 146 valence electrons. The van der Waals surface area contributed by atoms with E-state index in [-0.39, 0.29) is 17.7 Å². The number of ether oxygens (including phenoxy) is 2. The number of hydrogen-bond acceptors (Lipinski definition) is 5. The molecule has 0 rings (SSSR count). The zero-order valence-corrected chi connectivity index (χ0v) is 15.8. The number of rotatable bonds is 15. The molecular formula is C17H33N3O5. The Hall–Kier alpha value is -1.67.